The standard InChI is InChI=1S/C13H16ClNO/c1-15-13(12-7-2-3-8-16-12)10-5-4-6-11(14)9-10/h4-7,9,13,15H,2-3,8H2,1H3. The summed E-state index contributed by atoms with van der Waals surface area (Å²) in [4.78, 5) is 0. The molecule has 0 bridgehead atoms. The lowest BCUT2D eigenvalue weighted by molar-refractivity contribution is 0.169. The van der Waals surface area contributed by atoms with E-state index < -0.39 is 0 Å². The quantitative estimate of drug-likeness (QED) is 0.871. The third kappa shape index (κ3) is 2.57. The van der Waals surface area contributed by atoms with Crippen LogP contribution in [0.1, 0.15) is 24.4 Å². The Morgan fingerprint density at radius 2 is 2.31 bits per heavy atom. The molecule has 1 aromatic rings. The minimum Gasteiger partial charge on any atom is -0.496 e. The van der Waals surface area contributed by atoms with Crippen LogP contribution in [0.4, 0.5) is 0 Å². The molecule has 0 aromatic heterocycles. The second-order valence-corrected chi connectivity index (χ2v) is 4.31. The van der Waals surface area contributed by atoms with E-state index in [0.717, 1.165) is 35.8 Å². The third-order valence-corrected chi connectivity index (χ3v) is 2.95. The number of ether oxygens (including phenoxy) is 1. The van der Waals surface area contributed by atoms with E-state index >= 15 is 0 Å². The van der Waals surface area contributed by atoms with Crippen molar-refractivity contribution in [1.82, 2.24) is 5.32 Å². The fraction of sp³-hybridized carbons (Fsp3) is 0.385. The van der Waals surface area contributed by atoms with Crippen LogP contribution >= 0.6 is 11.6 Å². The number of benzene rings is 1. The van der Waals surface area contributed by atoms with Gasteiger partial charge in [0.05, 0.1) is 12.6 Å². The lowest BCUT2D eigenvalue weighted by atomic mass is 10.0. The summed E-state index contributed by atoms with van der Waals surface area (Å²) in [6.07, 6.45) is 4.36. The van der Waals surface area contributed by atoms with Crippen LogP contribution in [0.3, 0.4) is 0 Å². The molecule has 0 amide bonds. The van der Waals surface area contributed by atoms with Crippen molar-refractivity contribution in [2.75, 3.05) is 13.7 Å². The highest BCUT2D eigenvalue weighted by molar-refractivity contribution is 6.30. The van der Waals surface area contributed by atoms with Crippen LogP contribution in [0.15, 0.2) is 36.1 Å². The molecule has 1 heterocycles. The molecule has 2 nitrogen and oxygen atoms in total. The van der Waals surface area contributed by atoms with Gasteiger partial charge in [0.15, 0.2) is 0 Å². The summed E-state index contributed by atoms with van der Waals surface area (Å²) >= 11 is 6.00. The Balaban J connectivity index is 2.25. The van der Waals surface area contributed by atoms with Gasteiger partial charge in [0, 0.05) is 5.02 Å². The van der Waals surface area contributed by atoms with E-state index in [1.165, 1.54) is 0 Å². The molecule has 86 valence electrons. The van der Waals surface area contributed by atoms with Crippen molar-refractivity contribution in [2.45, 2.75) is 18.9 Å². The summed E-state index contributed by atoms with van der Waals surface area (Å²) < 4.78 is 5.68. The maximum Gasteiger partial charge on any atom is 0.113 e. The van der Waals surface area contributed by atoms with Crippen LogP contribution in [0, 0.1) is 0 Å². The molecule has 0 aliphatic carbocycles. The zero-order valence-corrected chi connectivity index (χ0v) is 10.1. The second kappa shape index (κ2) is 5.37. The van der Waals surface area contributed by atoms with Gasteiger partial charge >= 0.3 is 0 Å². The van der Waals surface area contributed by atoms with E-state index in [1.54, 1.807) is 0 Å². The average Bonchev–Trinajstić information content (AvgIpc) is 2.31. The normalized spacial score (nSPS) is 17.5. The number of hydrogen-bond acceptors (Lipinski definition) is 2. The van der Waals surface area contributed by atoms with Crippen molar-refractivity contribution in [3.8, 4) is 0 Å². The molecule has 1 aliphatic heterocycles. The zero-order valence-electron chi connectivity index (χ0n) is 9.37. The van der Waals surface area contributed by atoms with E-state index in [-0.39, 0.29) is 6.04 Å². The van der Waals surface area contributed by atoms with Crippen LogP contribution in [0.2, 0.25) is 5.02 Å². The van der Waals surface area contributed by atoms with E-state index in [2.05, 4.69) is 17.5 Å². The minimum atomic E-state index is 0.110. The molecule has 0 radical (unpaired) electrons. The smallest absolute Gasteiger partial charge is 0.113 e. The highest BCUT2D eigenvalue weighted by atomic mass is 35.5. The zero-order chi connectivity index (χ0) is 11.4. The van der Waals surface area contributed by atoms with Crippen molar-refractivity contribution in [2.24, 2.45) is 0 Å². The summed E-state index contributed by atoms with van der Waals surface area (Å²) in [5.41, 5.74) is 1.14. The number of likely N-dealkylation sites (N-methyl/N-ethyl adjacent to an activating group) is 1. The van der Waals surface area contributed by atoms with Crippen LogP contribution in [-0.2, 0) is 4.74 Å². The van der Waals surface area contributed by atoms with Crippen molar-refractivity contribution < 1.29 is 4.74 Å². The molecular weight excluding hydrogens is 222 g/mol. The lowest BCUT2D eigenvalue weighted by Gasteiger charge is -2.23. The van der Waals surface area contributed by atoms with Crippen LogP contribution in [0.25, 0.3) is 0 Å². The first kappa shape index (κ1) is 11.5. The van der Waals surface area contributed by atoms with Crippen LogP contribution in [-0.4, -0.2) is 13.7 Å². The third-order valence-electron chi connectivity index (χ3n) is 2.72. The topological polar surface area (TPSA) is 21.3 Å². The molecule has 1 aromatic carbocycles. The molecule has 16 heavy (non-hydrogen) atoms. The minimum absolute atomic E-state index is 0.110. The average molecular weight is 238 g/mol. The summed E-state index contributed by atoms with van der Waals surface area (Å²) in [6, 6.07) is 7.99. The molecule has 1 N–H and O–H groups in total. The fourth-order valence-electron chi connectivity index (χ4n) is 1.94. The van der Waals surface area contributed by atoms with Crippen molar-refractivity contribution >= 4 is 11.6 Å². The first-order valence-corrected chi connectivity index (χ1v) is 5.94. The summed E-state index contributed by atoms with van der Waals surface area (Å²) in [7, 11) is 1.93. The largest absolute Gasteiger partial charge is 0.496 e. The van der Waals surface area contributed by atoms with Crippen LogP contribution in [0.5, 0.6) is 0 Å². The predicted molar refractivity (Wildman–Crippen MR) is 66.5 cm³/mol. The van der Waals surface area contributed by atoms with Crippen LogP contribution < -0.4 is 5.32 Å². The fourth-order valence-corrected chi connectivity index (χ4v) is 2.14. The molecule has 1 aliphatic rings. The Labute approximate surface area is 101 Å². The Hall–Kier alpha value is -0.990. The number of allylic oxidation sites excluding steroid dienone is 1. The van der Waals surface area contributed by atoms with Gasteiger partial charge in [-0.25, -0.2) is 0 Å². The van der Waals surface area contributed by atoms with E-state index in [4.69, 9.17) is 16.3 Å². The van der Waals surface area contributed by atoms with Gasteiger partial charge in [0.25, 0.3) is 0 Å². The van der Waals surface area contributed by atoms with Gasteiger partial charge in [-0.15, -0.1) is 0 Å². The number of nitrogens with one attached hydrogen (secondary N) is 1. The molecule has 0 saturated heterocycles. The Kier molecular flexibility index (Phi) is 3.86. The van der Waals surface area contributed by atoms with Gasteiger partial charge in [-0.1, -0.05) is 23.7 Å². The molecule has 1 unspecified atom stereocenters. The maximum atomic E-state index is 6.00. The van der Waals surface area contributed by atoms with Gasteiger partial charge < -0.3 is 10.1 Å². The molecule has 3 heteroatoms. The molecule has 0 fully saturated rings. The van der Waals surface area contributed by atoms with Gasteiger partial charge in [0.1, 0.15) is 5.76 Å². The lowest BCUT2D eigenvalue weighted by Crippen LogP contribution is -2.21. The Morgan fingerprint density at radius 3 is 2.94 bits per heavy atom. The SMILES string of the molecule is CNC(C1=CCCCO1)c1cccc(Cl)c1. The van der Waals surface area contributed by atoms with Crippen molar-refractivity contribution in [3.63, 3.8) is 0 Å². The molecule has 2 rings (SSSR count). The maximum absolute atomic E-state index is 6.00. The number of hydrogen-bond donors (Lipinski definition) is 1. The second-order valence-electron chi connectivity index (χ2n) is 3.87. The number of halogens is 1. The molecule has 0 saturated carbocycles. The monoisotopic (exact) mass is 237 g/mol. The van der Waals surface area contributed by atoms with Crippen molar-refractivity contribution in [3.05, 3.63) is 46.7 Å². The number of rotatable bonds is 3. The van der Waals surface area contributed by atoms with Gasteiger partial charge in [-0.2, -0.15) is 0 Å². The van der Waals surface area contributed by atoms with E-state index in [1.807, 2.05) is 25.2 Å². The van der Waals surface area contributed by atoms with E-state index in [0.29, 0.717) is 0 Å². The Morgan fingerprint density at radius 1 is 1.44 bits per heavy atom. The summed E-state index contributed by atoms with van der Waals surface area (Å²) in [5.74, 6) is 1.01. The highest BCUT2D eigenvalue weighted by Crippen LogP contribution is 2.27. The first-order chi connectivity index (χ1) is 7.81. The van der Waals surface area contributed by atoms with Gasteiger partial charge in [0.2, 0.25) is 0 Å². The van der Waals surface area contributed by atoms with Gasteiger partial charge in [-0.05, 0) is 43.7 Å². The van der Waals surface area contributed by atoms with Gasteiger partial charge in [-0.3, -0.25) is 0 Å². The molecule has 0 spiro atoms. The first-order valence-electron chi connectivity index (χ1n) is 5.57. The highest BCUT2D eigenvalue weighted by Gasteiger charge is 2.18. The molecule has 1 atom stereocenters. The summed E-state index contributed by atoms with van der Waals surface area (Å²) in [5, 5.41) is 4.02. The predicted octanol–water partition coefficient (Wildman–Crippen LogP) is 3.29. The summed E-state index contributed by atoms with van der Waals surface area (Å²) in [6.45, 7) is 0.810. The Bertz CT molecular complexity index is 389. The van der Waals surface area contributed by atoms with Crippen molar-refractivity contribution in [1.29, 1.82) is 0 Å². The molecular formula is C13H16ClNO. The van der Waals surface area contributed by atoms with E-state index in [9.17, 15) is 0 Å².